The molecule has 1 heterocycles. The fourth-order valence-corrected chi connectivity index (χ4v) is 7.05. The topological polar surface area (TPSA) is 80.8 Å². The number of benzene rings is 1. The maximum absolute atomic E-state index is 12.9. The second-order valence-corrected chi connectivity index (χ2v) is 11.2. The Morgan fingerprint density at radius 1 is 1.16 bits per heavy atom. The molecule has 1 aromatic carbocycles. The fourth-order valence-electron chi connectivity index (χ4n) is 3.60. The molecular weight excluding hydrogens is 362 g/mol. The van der Waals surface area contributed by atoms with E-state index in [1.54, 1.807) is 25.1 Å². The zero-order valence-corrected chi connectivity index (χ0v) is 16.3. The van der Waals surface area contributed by atoms with Crippen LogP contribution in [0.1, 0.15) is 37.7 Å². The predicted octanol–water partition coefficient (Wildman–Crippen LogP) is 2.12. The number of ether oxygens (including phenoxy) is 1. The smallest absolute Gasteiger partial charge is 0.243 e. The van der Waals surface area contributed by atoms with Gasteiger partial charge in [0.1, 0.15) is 5.75 Å². The standard InChI is InChI=1S/C17H25NO5S2/c1-13-11-16(23-15-5-3-4-6-15)7-8-17(13)25(21,22)18(2)14-9-10-24(19,20)12-14/h7-8,11,14-15H,3-6,9-10,12H2,1-2H3. The molecule has 0 radical (unpaired) electrons. The molecule has 0 spiro atoms. The first kappa shape index (κ1) is 18.7. The van der Waals surface area contributed by atoms with Crippen LogP contribution in [0.4, 0.5) is 0 Å². The number of sulfone groups is 1. The molecule has 1 aliphatic heterocycles. The summed E-state index contributed by atoms with van der Waals surface area (Å²) in [7, 11) is -5.41. The maximum Gasteiger partial charge on any atom is 0.243 e. The molecule has 6 nitrogen and oxygen atoms in total. The molecule has 1 aromatic rings. The Balaban J connectivity index is 1.79. The predicted molar refractivity (Wildman–Crippen MR) is 96.1 cm³/mol. The first-order valence-corrected chi connectivity index (χ1v) is 11.9. The molecule has 140 valence electrons. The van der Waals surface area contributed by atoms with E-state index in [2.05, 4.69) is 0 Å². The fraction of sp³-hybridized carbons (Fsp3) is 0.647. The van der Waals surface area contributed by atoms with E-state index in [9.17, 15) is 16.8 Å². The highest BCUT2D eigenvalue weighted by Crippen LogP contribution is 2.29. The van der Waals surface area contributed by atoms with Crippen LogP contribution >= 0.6 is 0 Å². The molecule has 0 aromatic heterocycles. The second-order valence-electron chi connectivity index (χ2n) is 7.03. The Kier molecular flexibility index (Phi) is 5.14. The van der Waals surface area contributed by atoms with Gasteiger partial charge in [-0.25, -0.2) is 16.8 Å². The van der Waals surface area contributed by atoms with Crippen LogP contribution in [0.15, 0.2) is 23.1 Å². The van der Waals surface area contributed by atoms with Gasteiger partial charge in [-0.2, -0.15) is 4.31 Å². The van der Waals surface area contributed by atoms with E-state index in [0.29, 0.717) is 17.7 Å². The Morgan fingerprint density at radius 2 is 1.84 bits per heavy atom. The summed E-state index contributed by atoms with van der Waals surface area (Å²) in [5.74, 6) is 0.629. The van der Waals surface area contributed by atoms with Crippen LogP contribution in [-0.2, 0) is 19.9 Å². The van der Waals surface area contributed by atoms with E-state index in [1.165, 1.54) is 24.2 Å². The minimum absolute atomic E-state index is 0.0463. The van der Waals surface area contributed by atoms with Gasteiger partial charge in [-0.1, -0.05) is 0 Å². The lowest BCUT2D eigenvalue weighted by Gasteiger charge is -2.24. The van der Waals surface area contributed by atoms with E-state index in [1.807, 2.05) is 0 Å². The van der Waals surface area contributed by atoms with Crippen molar-refractivity contribution in [1.29, 1.82) is 0 Å². The van der Waals surface area contributed by atoms with Gasteiger partial charge in [0.05, 0.1) is 22.5 Å². The molecular formula is C17H25NO5S2. The minimum atomic E-state index is -3.73. The van der Waals surface area contributed by atoms with Crippen LogP contribution in [0.25, 0.3) is 0 Å². The number of sulfonamides is 1. The molecule has 1 unspecified atom stereocenters. The summed E-state index contributed by atoms with van der Waals surface area (Å²) in [6.45, 7) is 1.74. The average molecular weight is 388 g/mol. The van der Waals surface area contributed by atoms with Crippen molar-refractivity contribution >= 4 is 19.9 Å². The van der Waals surface area contributed by atoms with Crippen molar-refractivity contribution in [3.63, 3.8) is 0 Å². The molecule has 8 heteroatoms. The summed E-state index contributed by atoms with van der Waals surface area (Å²) in [6, 6.07) is 4.51. The molecule has 1 atom stereocenters. The highest BCUT2D eigenvalue weighted by Gasteiger charge is 2.37. The van der Waals surface area contributed by atoms with Gasteiger partial charge in [-0.3, -0.25) is 0 Å². The molecule has 2 fully saturated rings. The molecule has 1 aliphatic carbocycles. The van der Waals surface area contributed by atoms with Crippen molar-refractivity contribution < 1.29 is 21.6 Å². The summed E-state index contributed by atoms with van der Waals surface area (Å²) in [5, 5.41) is 0. The summed E-state index contributed by atoms with van der Waals surface area (Å²) >= 11 is 0. The quantitative estimate of drug-likeness (QED) is 0.773. The maximum atomic E-state index is 12.9. The zero-order valence-electron chi connectivity index (χ0n) is 14.6. The van der Waals surface area contributed by atoms with Crippen molar-refractivity contribution in [2.45, 2.75) is 56.1 Å². The molecule has 25 heavy (non-hydrogen) atoms. The number of nitrogens with zero attached hydrogens (tertiary/aromatic N) is 1. The number of hydrogen-bond acceptors (Lipinski definition) is 5. The van der Waals surface area contributed by atoms with Gasteiger partial charge in [0.2, 0.25) is 10.0 Å². The average Bonchev–Trinajstić information content (AvgIpc) is 3.15. The van der Waals surface area contributed by atoms with Crippen LogP contribution < -0.4 is 4.74 Å². The lowest BCUT2D eigenvalue weighted by Crippen LogP contribution is -2.38. The zero-order chi connectivity index (χ0) is 18.2. The van der Waals surface area contributed by atoms with Crippen LogP contribution in [0.2, 0.25) is 0 Å². The van der Waals surface area contributed by atoms with Gasteiger partial charge >= 0.3 is 0 Å². The lowest BCUT2D eigenvalue weighted by atomic mass is 10.2. The van der Waals surface area contributed by atoms with Crippen LogP contribution in [0.3, 0.4) is 0 Å². The van der Waals surface area contributed by atoms with Crippen molar-refractivity contribution in [3.05, 3.63) is 23.8 Å². The van der Waals surface area contributed by atoms with E-state index in [-0.39, 0.29) is 22.5 Å². The monoisotopic (exact) mass is 387 g/mol. The van der Waals surface area contributed by atoms with Gasteiger partial charge < -0.3 is 4.74 Å². The largest absolute Gasteiger partial charge is 0.490 e. The van der Waals surface area contributed by atoms with Crippen LogP contribution in [0.5, 0.6) is 5.75 Å². The Labute approximate surface area is 150 Å². The Hall–Kier alpha value is -1.12. The third-order valence-electron chi connectivity index (χ3n) is 5.13. The van der Waals surface area contributed by atoms with Crippen molar-refractivity contribution in [2.75, 3.05) is 18.6 Å². The van der Waals surface area contributed by atoms with Gasteiger partial charge in [0.25, 0.3) is 0 Å². The van der Waals surface area contributed by atoms with Gasteiger partial charge in [0, 0.05) is 13.1 Å². The molecule has 3 rings (SSSR count). The lowest BCUT2D eigenvalue weighted by molar-refractivity contribution is 0.210. The molecule has 2 aliphatic rings. The molecule has 1 saturated carbocycles. The third-order valence-corrected chi connectivity index (χ3v) is 8.95. The summed E-state index contributed by atoms with van der Waals surface area (Å²) < 4.78 is 56.2. The van der Waals surface area contributed by atoms with E-state index in [0.717, 1.165) is 12.8 Å². The van der Waals surface area contributed by atoms with E-state index >= 15 is 0 Å². The highest BCUT2D eigenvalue weighted by atomic mass is 32.2. The highest BCUT2D eigenvalue weighted by molar-refractivity contribution is 7.92. The van der Waals surface area contributed by atoms with E-state index < -0.39 is 25.9 Å². The molecule has 0 amide bonds. The van der Waals surface area contributed by atoms with Crippen LogP contribution in [-0.4, -0.2) is 51.8 Å². The molecule has 0 N–H and O–H groups in total. The van der Waals surface area contributed by atoms with Crippen molar-refractivity contribution in [2.24, 2.45) is 0 Å². The first-order chi connectivity index (χ1) is 11.7. The first-order valence-electron chi connectivity index (χ1n) is 8.65. The van der Waals surface area contributed by atoms with Gasteiger partial charge in [-0.05, 0) is 62.8 Å². The van der Waals surface area contributed by atoms with Gasteiger partial charge in [-0.15, -0.1) is 0 Å². The minimum Gasteiger partial charge on any atom is -0.490 e. The van der Waals surface area contributed by atoms with Crippen LogP contribution in [0, 0.1) is 6.92 Å². The molecule has 0 bridgehead atoms. The van der Waals surface area contributed by atoms with Crippen molar-refractivity contribution in [3.8, 4) is 5.75 Å². The van der Waals surface area contributed by atoms with Crippen molar-refractivity contribution in [1.82, 2.24) is 4.31 Å². The number of aryl methyl sites for hydroxylation is 1. The second kappa shape index (κ2) is 6.89. The van der Waals surface area contributed by atoms with Gasteiger partial charge in [0.15, 0.2) is 9.84 Å². The van der Waals surface area contributed by atoms with E-state index in [4.69, 9.17) is 4.74 Å². The summed E-state index contributed by atoms with van der Waals surface area (Å²) in [6.07, 6.45) is 4.99. The molecule has 1 saturated heterocycles. The third kappa shape index (κ3) is 4.01. The Morgan fingerprint density at radius 3 is 2.40 bits per heavy atom. The Bertz CT molecular complexity index is 842. The number of rotatable bonds is 5. The summed E-state index contributed by atoms with van der Waals surface area (Å²) in [4.78, 5) is 0.207. The summed E-state index contributed by atoms with van der Waals surface area (Å²) in [5.41, 5.74) is 0.614. The number of hydrogen-bond donors (Lipinski definition) is 0. The normalized spacial score (nSPS) is 24.0. The SMILES string of the molecule is Cc1cc(OC2CCCC2)ccc1S(=O)(=O)N(C)C1CCS(=O)(=O)C1.